The zero-order valence-electron chi connectivity index (χ0n) is 15.4. The Bertz CT molecular complexity index is 1020. The number of hydrogen-bond acceptors (Lipinski definition) is 2. The molecule has 0 aliphatic carbocycles. The Hall–Kier alpha value is -2.82. The van der Waals surface area contributed by atoms with Crippen LogP contribution in [-0.2, 0) is 0 Å². The molecule has 3 rings (SSSR count). The third-order valence-electron chi connectivity index (χ3n) is 4.29. The molecule has 28 heavy (non-hydrogen) atoms. The minimum absolute atomic E-state index is 0.297. The molecule has 0 unspecified atom stereocenters. The average molecular weight is 413 g/mol. The van der Waals surface area contributed by atoms with E-state index in [1.54, 1.807) is 61.6 Å². The zero-order valence-corrected chi connectivity index (χ0v) is 16.9. The summed E-state index contributed by atoms with van der Waals surface area (Å²) in [5.74, 6) is -0.602. The lowest BCUT2D eigenvalue weighted by molar-refractivity contribution is 0.0994. The molecule has 142 valence electrons. The summed E-state index contributed by atoms with van der Waals surface area (Å²) in [5, 5.41) is 3.79. The second-order valence-corrected chi connectivity index (χ2v) is 7.22. The summed E-state index contributed by atoms with van der Waals surface area (Å²) >= 11 is 12.0. The molecule has 0 saturated carbocycles. The van der Waals surface area contributed by atoms with E-state index in [9.17, 15) is 9.59 Å². The van der Waals surface area contributed by atoms with Crippen LogP contribution in [0.1, 0.15) is 26.3 Å². The minimum Gasteiger partial charge on any atom is -0.321 e. The van der Waals surface area contributed by atoms with Crippen molar-refractivity contribution in [2.75, 3.05) is 17.3 Å². The molecule has 0 aliphatic rings. The van der Waals surface area contributed by atoms with Gasteiger partial charge in [0, 0.05) is 28.3 Å². The number of halogens is 2. The van der Waals surface area contributed by atoms with Gasteiger partial charge in [0.15, 0.2) is 0 Å². The predicted octanol–water partition coefficient (Wildman–Crippen LogP) is 5.83. The number of nitrogens with one attached hydrogen (secondary N) is 1. The van der Waals surface area contributed by atoms with E-state index in [1.165, 1.54) is 4.90 Å². The Morgan fingerprint density at radius 3 is 2.11 bits per heavy atom. The second-order valence-electron chi connectivity index (χ2n) is 6.35. The van der Waals surface area contributed by atoms with Crippen LogP contribution in [0.4, 0.5) is 11.4 Å². The molecule has 0 aromatic heterocycles. The molecule has 0 atom stereocenters. The zero-order chi connectivity index (χ0) is 20.3. The van der Waals surface area contributed by atoms with E-state index in [0.717, 1.165) is 5.56 Å². The highest BCUT2D eigenvalue weighted by Gasteiger charge is 2.19. The third-order valence-corrected chi connectivity index (χ3v) is 4.78. The van der Waals surface area contributed by atoms with Crippen molar-refractivity contribution >= 4 is 46.4 Å². The lowest BCUT2D eigenvalue weighted by Crippen LogP contribution is -2.27. The molecule has 0 saturated heterocycles. The molecule has 0 fully saturated rings. The Kier molecular flexibility index (Phi) is 6.02. The Morgan fingerprint density at radius 1 is 0.857 bits per heavy atom. The van der Waals surface area contributed by atoms with Crippen molar-refractivity contribution < 1.29 is 9.59 Å². The topological polar surface area (TPSA) is 49.4 Å². The van der Waals surface area contributed by atoms with Gasteiger partial charge in [-0.2, -0.15) is 0 Å². The first kappa shape index (κ1) is 19.9. The third kappa shape index (κ3) is 4.53. The first-order valence-corrected chi connectivity index (χ1v) is 9.32. The van der Waals surface area contributed by atoms with Crippen LogP contribution in [0.2, 0.25) is 10.0 Å². The van der Waals surface area contributed by atoms with E-state index < -0.39 is 0 Å². The lowest BCUT2D eigenvalue weighted by atomic mass is 10.1. The van der Waals surface area contributed by atoms with Crippen LogP contribution in [0, 0.1) is 6.92 Å². The Balaban J connectivity index is 1.89. The molecule has 2 amide bonds. The molecule has 4 nitrogen and oxygen atoms in total. The molecule has 3 aromatic carbocycles. The van der Waals surface area contributed by atoms with E-state index in [-0.39, 0.29) is 11.8 Å². The van der Waals surface area contributed by atoms with E-state index in [4.69, 9.17) is 23.2 Å². The van der Waals surface area contributed by atoms with Gasteiger partial charge in [-0.25, -0.2) is 0 Å². The monoisotopic (exact) mass is 412 g/mol. The normalized spacial score (nSPS) is 10.4. The van der Waals surface area contributed by atoms with E-state index >= 15 is 0 Å². The molecular weight excluding hydrogens is 395 g/mol. The minimum atomic E-state index is -0.302. The second kappa shape index (κ2) is 8.46. The Labute approximate surface area is 173 Å². The van der Waals surface area contributed by atoms with Gasteiger partial charge in [0.25, 0.3) is 11.8 Å². The number of carbonyl (C=O) groups excluding carboxylic acids is 2. The number of hydrogen-bond donors (Lipinski definition) is 1. The summed E-state index contributed by atoms with van der Waals surface area (Å²) in [7, 11) is 1.65. The standard InChI is InChI=1S/C22H18Cl2N2O2/c1-14-3-5-15(6-4-14)21(27)25-20-12-9-17(24)13-19(20)22(28)26(2)18-10-7-16(23)8-11-18/h3-13H,1-2H3,(H,25,27). The highest BCUT2D eigenvalue weighted by Crippen LogP contribution is 2.25. The van der Waals surface area contributed by atoms with E-state index in [0.29, 0.717) is 32.5 Å². The van der Waals surface area contributed by atoms with Crippen LogP contribution in [0.25, 0.3) is 0 Å². The number of rotatable bonds is 4. The van der Waals surface area contributed by atoms with Gasteiger partial charge in [-0.1, -0.05) is 40.9 Å². The van der Waals surface area contributed by atoms with Gasteiger partial charge in [-0.05, 0) is 61.5 Å². The molecule has 0 radical (unpaired) electrons. The van der Waals surface area contributed by atoms with E-state index in [2.05, 4.69) is 5.32 Å². The molecule has 1 N–H and O–H groups in total. The van der Waals surface area contributed by atoms with Gasteiger partial charge in [0.05, 0.1) is 11.3 Å². The van der Waals surface area contributed by atoms with Crippen molar-refractivity contribution in [2.24, 2.45) is 0 Å². The smallest absolute Gasteiger partial charge is 0.260 e. The maximum atomic E-state index is 13.0. The highest BCUT2D eigenvalue weighted by atomic mass is 35.5. The largest absolute Gasteiger partial charge is 0.321 e. The number of benzene rings is 3. The van der Waals surface area contributed by atoms with Gasteiger partial charge in [-0.3, -0.25) is 9.59 Å². The Morgan fingerprint density at radius 2 is 1.46 bits per heavy atom. The predicted molar refractivity (Wildman–Crippen MR) is 115 cm³/mol. The number of carbonyl (C=O) groups is 2. The number of nitrogens with zero attached hydrogens (tertiary/aromatic N) is 1. The van der Waals surface area contributed by atoms with Crippen LogP contribution < -0.4 is 10.2 Å². The van der Waals surface area contributed by atoms with Crippen molar-refractivity contribution in [3.63, 3.8) is 0 Å². The summed E-state index contributed by atoms with van der Waals surface area (Å²) in [4.78, 5) is 27.1. The number of amides is 2. The molecule has 0 bridgehead atoms. The quantitative estimate of drug-likeness (QED) is 0.585. The SMILES string of the molecule is Cc1ccc(C(=O)Nc2ccc(Cl)cc2C(=O)N(C)c2ccc(Cl)cc2)cc1. The van der Waals surface area contributed by atoms with Crippen LogP contribution in [0.15, 0.2) is 66.7 Å². The fraction of sp³-hybridized carbons (Fsp3) is 0.0909. The van der Waals surface area contributed by atoms with Crippen molar-refractivity contribution in [1.29, 1.82) is 0 Å². The van der Waals surface area contributed by atoms with Gasteiger partial charge in [0.1, 0.15) is 0 Å². The van der Waals surface area contributed by atoms with Crippen molar-refractivity contribution in [3.05, 3.63) is 93.5 Å². The van der Waals surface area contributed by atoms with Crippen LogP contribution in [-0.4, -0.2) is 18.9 Å². The van der Waals surface area contributed by atoms with Crippen LogP contribution >= 0.6 is 23.2 Å². The number of aryl methyl sites for hydroxylation is 1. The molecule has 0 heterocycles. The molecule has 0 spiro atoms. The molecule has 3 aromatic rings. The van der Waals surface area contributed by atoms with Crippen LogP contribution in [0.3, 0.4) is 0 Å². The van der Waals surface area contributed by atoms with Gasteiger partial charge in [0.2, 0.25) is 0 Å². The fourth-order valence-electron chi connectivity index (χ4n) is 2.66. The van der Waals surface area contributed by atoms with Gasteiger partial charge < -0.3 is 10.2 Å². The van der Waals surface area contributed by atoms with Crippen LogP contribution in [0.5, 0.6) is 0 Å². The molecule has 6 heteroatoms. The molecule has 0 aliphatic heterocycles. The summed E-state index contributed by atoms with van der Waals surface area (Å²) < 4.78 is 0. The van der Waals surface area contributed by atoms with Crippen molar-refractivity contribution in [2.45, 2.75) is 6.92 Å². The summed E-state index contributed by atoms with van der Waals surface area (Å²) in [6, 6.07) is 18.9. The first-order chi connectivity index (χ1) is 13.3. The summed E-state index contributed by atoms with van der Waals surface area (Å²) in [5.41, 5.74) is 2.92. The van der Waals surface area contributed by atoms with Crippen molar-refractivity contribution in [1.82, 2.24) is 0 Å². The summed E-state index contributed by atoms with van der Waals surface area (Å²) in [6.07, 6.45) is 0. The first-order valence-electron chi connectivity index (χ1n) is 8.56. The number of anilines is 2. The van der Waals surface area contributed by atoms with Gasteiger partial charge in [-0.15, -0.1) is 0 Å². The molecular formula is C22H18Cl2N2O2. The maximum Gasteiger partial charge on any atom is 0.260 e. The fourth-order valence-corrected chi connectivity index (χ4v) is 2.96. The lowest BCUT2D eigenvalue weighted by Gasteiger charge is -2.20. The average Bonchev–Trinajstić information content (AvgIpc) is 2.69. The maximum absolute atomic E-state index is 13.0. The van der Waals surface area contributed by atoms with Gasteiger partial charge >= 0.3 is 0 Å². The van der Waals surface area contributed by atoms with Crippen molar-refractivity contribution in [3.8, 4) is 0 Å². The highest BCUT2D eigenvalue weighted by molar-refractivity contribution is 6.31. The van der Waals surface area contributed by atoms with E-state index in [1.807, 2.05) is 19.1 Å². The summed E-state index contributed by atoms with van der Waals surface area (Å²) in [6.45, 7) is 1.95.